The van der Waals surface area contributed by atoms with Crippen molar-refractivity contribution in [2.24, 2.45) is 0 Å². The van der Waals surface area contributed by atoms with Crippen LogP contribution in [0.15, 0.2) is 29.4 Å². The second-order valence-electron chi connectivity index (χ2n) is 8.51. The van der Waals surface area contributed by atoms with Gasteiger partial charge in [0, 0.05) is 44.3 Å². The average Bonchev–Trinajstić information content (AvgIpc) is 3.15. The Hall–Kier alpha value is -2.82. The van der Waals surface area contributed by atoms with E-state index in [4.69, 9.17) is 0 Å². The van der Waals surface area contributed by atoms with E-state index in [0.29, 0.717) is 32.0 Å². The predicted octanol–water partition coefficient (Wildman–Crippen LogP) is 2.40. The molecule has 4 rings (SSSR count). The third-order valence-electron chi connectivity index (χ3n) is 6.29. The number of nitrogens with zero attached hydrogens (tertiary/aromatic N) is 4. The van der Waals surface area contributed by atoms with Crippen LogP contribution in [-0.2, 0) is 21.1 Å². The fourth-order valence-electron chi connectivity index (χ4n) is 4.35. The number of anilines is 2. The standard InChI is InChI=1S/C22H27F2N5O3S/c1-3-14-12-25-22(26-13-14)28-7-4-15(5-8-28)29-9-6-19(21(29)30)27-20-17(23)10-16(11-18(20)24)33(2,31)32/h10-13,15,19,27H,3-9H2,1-2H3. The number of likely N-dealkylation sites (tertiary alicyclic amines) is 1. The molecule has 0 saturated carbocycles. The summed E-state index contributed by atoms with van der Waals surface area (Å²) in [6.07, 6.45) is 7.33. The summed E-state index contributed by atoms with van der Waals surface area (Å²) in [7, 11) is -3.75. The average molecular weight is 480 g/mol. The van der Waals surface area contributed by atoms with Crippen LogP contribution in [0.2, 0.25) is 0 Å². The lowest BCUT2D eigenvalue weighted by atomic mass is 10.0. The van der Waals surface area contributed by atoms with Gasteiger partial charge < -0.3 is 15.1 Å². The second kappa shape index (κ2) is 9.20. The SMILES string of the molecule is CCc1cnc(N2CCC(N3CCC(Nc4c(F)cc(S(C)(=O)=O)cc4F)C3=O)CC2)nc1. The van der Waals surface area contributed by atoms with E-state index in [0.717, 1.165) is 43.2 Å². The van der Waals surface area contributed by atoms with Gasteiger partial charge in [-0.25, -0.2) is 27.2 Å². The van der Waals surface area contributed by atoms with E-state index in [2.05, 4.69) is 20.2 Å². The van der Waals surface area contributed by atoms with Gasteiger partial charge in [0.2, 0.25) is 11.9 Å². The third-order valence-corrected chi connectivity index (χ3v) is 7.38. The Kier molecular flexibility index (Phi) is 6.51. The fraction of sp³-hybridized carbons (Fsp3) is 0.500. The molecule has 0 spiro atoms. The van der Waals surface area contributed by atoms with Crippen molar-refractivity contribution in [3.63, 3.8) is 0 Å². The lowest BCUT2D eigenvalue weighted by Gasteiger charge is -2.36. The molecule has 2 saturated heterocycles. The number of hydrogen-bond acceptors (Lipinski definition) is 7. The number of nitrogens with one attached hydrogen (secondary N) is 1. The van der Waals surface area contributed by atoms with Crippen molar-refractivity contribution in [1.29, 1.82) is 0 Å². The molecule has 1 amide bonds. The number of sulfone groups is 1. The summed E-state index contributed by atoms with van der Waals surface area (Å²) >= 11 is 0. The van der Waals surface area contributed by atoms with E-state index in [1.165, 1.54) is 0 Å². The van der Waals surface area contributed by atoms with Gasteiger partial charge in [0.1, 0.15) is 11.7 Å². The largest absolute Gasteiger partial charge is 0.369 e. The van der Waals surface area contributed by atoms with E-state index in [9.17, 15) is 22.0 Å². The molecule has 2 aliphatic rings. The van der Waals surface area contributed by atoms with E-state index in [1.54, 1.807) is 4.90 Å². The zero-order valence-corrected chi connectivity index (χ0v) is 19.4. The Morgan fingerprint density at radius 1 is 1.06 bits per heavy atom. The molecule has 0 radical (unpaired) electrons. The highest BCUT2D eigenvalue weighted by atomic mass is 32.2. The molecule has 1 aromatic heterocycles. The molecule has 2 aliphatic heterocycles. The van der Waals surface area contributed by atoms with Crippen molar-refractivity contribution < 1.29 is 22.0 Å². The number of benzene rings is 1. The monoisotopic (exact) mass is 479 g/mol. The van der Waals surface area contributed by atoms with Gasteiger partial charge in [-0.3, -0.25) is 4.79 Å². The predicted molar refractivity (Wildman–Crippen MR) is 120 cm³/mol. The van der Waals surface area contributed by atoms with E-state index in [1.807, 2.05) is 19.3 Å². The van der Waals surface area contributed by atoms with Crippen LogP contribution in [0.1, 0.15) is 31.7 Å². The summed E-state index contributed by atoms with van der Waals surface area (Å²) in [4.78, 5) is 25.2. The van der Waals surface area contributed by atoms with Crippen molar-refractivity contribution in [3.05, 3.63) is 41.7 Å². The number of rotatable bonds is 6. The Bertz CT molecular complexity index is 1110. The summed E-state index contributed by atoms with van der Waals surface area (Å²) < 4.78 is 52.0. The zero-order valence-electron chi connectivity index (χ0n) is 18.6. The number of piperidine rings is 1. The summed E-state index contributed by atoms with van der Waals surface area (Å²) in [6, 6.07) is 0.810. The van der Waals surface area contributed by atoms with Gasteiger partial charge in [0.15, 0.2) is 21.5 Å². The first-order chi connectivity index (χ1) is 15.7. The van der Waals surface area contributed by atoms with Crippen LogP contribution in [0.4, 0.5) is 20.4 Å². The van der Waals surface area contributed by atoms with Crippen molar-refractivity contribution in [3.8, 4) is 0 Å². The minimum absolute atomic E-state index is 0.0396. The number of carbonyl (C=O) groups excluding carboxylic acids is 1. The Morgan fingerprint density at radius 2 is 1.67 bits per heavy atom. The van der Waals surface area contributed by atoms with Crippen LogP contribution >= 0.6 is 0 Å². The molecular weight excluding hydrogens is 452 g/mol. The maximum atomic E-state index is 14.4. The molecule has 0 bridgehead atoms. The normalized spacial score (nSPS) is 19.9. The maximum absolute atomic E-state index is 14.4. The highest BCUT2D eigenvalue weighted by Crippen LogP contribution is 2.29. The van der Waals surface area contributed by atoms with Crippen LogP contribution in [-0.4, -0.2) is 67.2 Å². The van der Waals surface area contributed by atoms with Crippen molar-refractivity contribution >= 4 is 27.4 Å². The number of aromatic nitrogens is 2. The van der Waals surface area contributed by atoms with E-state index in [-0.39, 0.29) is 11.9 Å². The first kappa shape index (κ1) is 23.3. The van der Waals surface area contributed by atoms with Gasteiger partial charge in [-0.15, -0.1) is 0 Å². The summed E-state index contributed by atoms with van der Waals surface area (Å²) in [5, 5.41) is 2.65. The molecular formula is C22H27F2N5O3S. The number of halogens is 2. The van der Waals surface area contributed by atoms with Gasteiger partial charge in [-0.05, 0) is 43.4 Å². The number of carbonyl (C=O) groups is 1. The molecule has 1 aromatic carbocycles. The van der Waals surface area contributed by atoms with Crippen LogP contribution in [0.25, 0.3) is 0 Å². The van der Waals surface area contributed by atoms with Crippen LogP contribution < -0.4 is 10.2 Å². The van der Waals surface area contributed by atoms with Crippen molar-refractivity contribution in [2.45, 2.75) is 49.6 Å². The Morgan fingerprint density at radius 3 is 2.21 bits per heavy atom. The Labute approximate surface area is 191 Å². The molecule has 0 aliphatic carbocycles. The van der Waals surface area contributed by atoms with Gasteiger partial charge in [-0.1, -0.05) is 6.92 Å². The molecule has 2 aromatic rings. The molecule has 3 heterocycles. The zero-order chi connectivity index (χ0) is 23.8. The fourth-order valence-corrected chi connectivity index (χ4v) is 4.98. The molecule has 8 nitrogen and oxygen atoms in total. The maximum Gasteiger partial charge on any atom is 0.245 e. The molecule has 1 N–H and O–H groups in total. The van der Waals surface area contributed by atoms with Crippen molar-refractivity contribution in [2.75, 3.05) is 36.1 Å². The molecule has 33 heavy (non-hydrogen) atoms. The van der Waals surface area contributed by atoms with Gasteiger partial charge in [0.25, 0.3) is 0 Å². The Balaban J connectivity index is 1.38. The first-order valence-corrected chi connectivity index (χ1v) is 12.9. The summed E-state index contributed by atoms with van der Waals surface area (Å²) in [6.45, 7) is 3.97. The highest BCUT2D eigenvalue weighted by Gasteiger charge is 2.38. The third kappa shape index (κ3) is 4.92. The van der Waals surface area contributed by atoms with E-state index >= 15 is 0 Å². The number of amides is 1. The molecule has 1 atom stereocenters. The number of aryl methyl sites for hydroxylation is 1. The second-order valence-corrected chi connectivity index (χ2v) is 10.5. The quantitative estimate of drug-likeness (QED) is 0.680. The smallest absolute Gasteiger partial charge is 0.245 e. The van der Waals surface area contributed by atoms with Gasteiger partial charge in [0.05, 0.1) is 4.90 Å². The molecule has 2 fully saturated rings. The minimum Gasteiger partial charge on any atom is -0.369 e. The lowest BCUT2D eigenvalue weighted by molar-refractivity contribution is -0.130. The van der Waals surface area contributed by atoms with Crippen LogP contribution in [0.3, 0.4) is 0 Å². The van der Waals surface area contributed by atoms with Crippen LogP contribution in [0.5, 0.6) is 0 Å². The lowest BCUT2D eigenvalue weighted by Crippen LogP contribution is -2.47. The molecule has 178 valence electrons. The van der Waals surface area contributed by atoms with Crippen molar-refractivity contribution in [1.82, 2.24) is 14.9 Å². The minimum atomic E-state index is -3.75. The van der Waals surface area contributed by atoms with Crippen LogP contribution in [0, 0.1) is 11.6 Å². The van der Waals surface area contributed by atoms with E-state index < -0.39 is 38.1 Å². The topological polar surface area (TPSA) is 95.5 Å². The summed E-state index contributed by atoms with van der Waals surface area (Å²) in [5.41, 5.74) is 0.596. The molecule has 11 heteroatoms. The molecule has 1 unspecified atom stereocenters. The van der Waals surface area contributed by atoms with Gasteiger partial charge >= 0.3 is 0 Å². The number of hydrogen-bond donors (Lipinski definition) is 1. The van der Waals surface area contributed by atoms with Gasteiger partial charge in [-0.2, -0.15) is 0 Å². The first-order valence-electron chi connectivity index (χ1n) is 11.0. The summed E-state index contributed by atoms with van der Waals surface area (Å²) in [5.74, 6) is -1.60. The highest BCUT2D eigenvalue weighted by molar-refractivity contribution is 7.90.